The minimum atomic E-state index is 0.206. The summed E-state index contributed by atoms with van der Waals surface area (Å²) in [7, 11) is 1.79. The zero-order valence-electron chi connectivity index (χ0n) is 11.7. The molecule has 1 aromatic rings. The molecule has 0 bridgehead atoms. The quantitative estimate of drug-likeness (QED) is 0.816. The van der Waals surface area contributed by atoms with Gasteiger partial charge < -0.3 is 10.1 Å². The van der Waals surface area contributed by atoms with Crippen molar-refractivity contribution in [1.29, 1.82) is 0 Å². The van der Waals surface area contributed by atoms with E-state index in [1.54, 1.807) is 7.11 Å². The first-order valence-electron chi connectivity index (χ1n) is 6.42. The van der Waals surface area contributed by atoms with Gasteiger partial charge in [-0.15, -0.1) is 0 Å². The molecule has 2 unspecified atom stereocenters. The van der Waals surface area contributed by atoms with E-state index in [9.17, 15) is 0 Å². The Hall–Kier alpha value is -0.860. The van der Waals surface area contributed by atoms with Gasteiger partial charge in [0, 0.05) is 7.11 Å². The van der Waals surface area contributed by atoms with Crippen LogP contribution in [0.1, 0.15) is 37.9 Å². The number of hydrogen-bond acceptors (Lipinski definition) is 2. The van der Waals surface area contributed by atoms with Crippen LogP contribution in [0.2, 0.25) is 0 Å². The second-order valence-corrected chi connectivity index (χ2v) is 4.89. The smallest absolute Gasteiger partial charge is 0.0788 e. The van der Waals surface area contributed by atoms with E-state index in [0.29, 0.717) is 5.92 Å². The van der Waals surface area contributed by atoms with Crippen LogP contribution in [0.5, 0.6) is 0 Å². The maximum absolute atomic E-state index is 5.65. The molecule has 0 aliphatic carbocycles. The van der Waals surface area contributed by atoms with Crippen molar-refractivity contribution >= 4 is 0 Å². The van der Waals surface area contributed by atoms with Gasteiger partial charge in [0.15, 0.2) is 0 Å². The maximum atomic E-state index is 5.65. The monoisotopic (exact) mass is 235 g/mol. The lowest BCUT2D eigenvalue weighted by molar-refractivity contribution is 0.0331. The Morgan fingerprint density at radius 2 is 1.76 bits per heavy atom. The second-order valence-electron chi connectivity index (χ2n) is 4.89. The van der Waals surface area contributed by atoms with Crippen LogP contribution in [0.4, 0.5) is 0 Å². The fourth-order valence-corrected chi connectivity index (χ4v) is 2.21. The summed E-state index contributed by atoms with van der Waals surface area (Å²) in [6.45, 7) is 9.60. The number of hydrogen-bond donors (Lipinski definition) is 1. The van der Waals surface area contributed by atoms with E-state index in [2.05, 4.69) is 57.3 Å². The number of nitrogens with one attached hydrogen (secondary N) is 1. The van der Waals surface area contributed by atoms with Gasteiger partial charge in [0.25, 0.3) is 0 Å². The number of benzene rings is 1. The summed E-state index contributed by atoms with van der Waals surface area (Å²) in [5, 5.41) is 3.53. The molecule has 0 spiro atoms. The van der Waals surface area contributed by atoms with Crippen molar-refractivity contribution in [3.8, 4) is 0 Å². The van der Waals surface area contributed by atoms with Crippen LogP contribution in [0.3, 0.4) is 0 Å². The Bertz CT molecular complexity index is 318. The SMILES string of the molecule is CCNC(c1ccc(C)cc1)C(OC)C(C)C. The number of ether oxygens (including phenoxy) is 1. The summed E-state index contributed by atoms with van der Waals surface area (Å²) in [6.07, 6.45) is 0.206. The van der Waals surface area contributed by atoms with Gasteiger partial charge in [-0.25, -0.2) is 0 Å². The topological polar surface area (TPSA) is 21.3 Å². The van der Waals surface area contributed by atoms with Crippen LogP contribution in [-0.2, 0) is 4.74 Å². The van der Waals surface area contributed by atoms with E-state index in [-0.39, 0.29) is 12.1 Å². The van der Waals surface area contributed by atoms with Gasteiger partial charge in [-0.1, -0.05) is 50.6 Å². The average molecular weight is 235 g/mol. The normalized spacial score (nSPS) is 14.9. The predicted octanol–water partition coefficient (Wildman–Crippen LogP) is 3.32. The molecule has 2 nitrogen and oxygen atoms in total. The Balaban J connectivity index is 2.94. The second kappa shape index (κ2) is 6.77. The van der Waals surface area contributed by atoms with Crippen molar-refractivity contribution in [2.45, 2.75) is 39.8 Å². The number of aryl methyl sites for hydroxylation is 1. The number of likely N-dealkylation sites (N-methyl/N-ethyl adjacent to an activating group) is 1. The highest BCUT2D eigenvalue weighted by atomic mass is 16.5. The average Bonchev–Trinajstić information content (AvgIpc) is 2.29. The van der Waals surface area contributed by atoms with Crippen LogP contribution in [0, 0.1) is 12.8 Å². The molecule has 96 valence electrons. The van der Waals surface area contributed by atoms with E-state index < -0.39 is 0 Å². The molecule has 1 rings (SSSR count). The third kappa shape index (κ3) is 3.83. The lowest BCUT2D eigenvalue weighted by Gasteiger charge is -2.30. The standard InChI is InChI=1S/C15H25NO/c1-6-16-14(15(17-5)11(2)3)13-9-7-12(4)8-10-13/h7-11,14-16H,6H2,1-5H3. The molecular formula is C15H25NO. The van der Waals surface area contributed by atoms with E-state index >= 15 is 0 Å². The van der Waals surface area contributed by atoms with Crippen LogP contribution in [-0.4, -0.2) is 19.8 Å². The number of rotatable bonds is 6. The van der Waals surface area contributed by atoms with Crippen molar-refractivity contribution in [2.24, 2.45) is 5.92 Å². The zero-order chi connectivity index (χ0) is 12.8. The molecule has 0 aliphatic rings. The summed E-state index contributed by atoms with van der Waals surface area (Å²) in [4.78, 5) is 0. The van der Waals surface area contributed by atoms with Crippen molar-refractivity contribution in [3.63, 3.8) is 0 Å². The van der Waals surface area contributed by atoms with Gasteiger partial charge in [-0.05, 0) is 24.9 Å². The first kappa shape index (κ1) is 14.2. The molecule has 0 radical (unpaired) electrons. The molecule has 17 heavy (non-hydrogen) atoms. The predicted molar refractivity (Wildman–Crippen MR) is 73.2 cm³/mol. The fraction of sp³-hybridized carbons (Fsp3) is 0.600. The van der Waals surface area contributed by atoms with E-state index in [1.807, 2.05) is 0 Å². The molecule has 2 heteroatoms. The summed E-state index contributed by atoms with van der Waals surface area (Å²) >= 11 is 0. The lowest BCUT2D eigenvalue weighted by atomic mass is 9.93. The minimum absolute atomic E-state index is 0.206. The van der Waals surface area contributed by atoms with Crippen molar-refractivity contribution in [3.05, 3.63) is 35.4 Å². The molecular weight excluding hydrogens is 210 g/mol. The molecule has 1 aromatic carbocycles. The highest BCUT2D eigenvalue weighted by Crippen LogP contribution is 2.24. The Morgan fingerprint density at radius 1 is 1.18 bits per heavy atom. The molecule has 0 amide bonds. The van der Waals surface area contributed by atoms with Crippen LogP contribution >= 0.6 is 0 Å². The molecule has 0 saturated heterocycles. The van der Waals surface area contributed by atoms with Crippen LogP contribution in [0.15, 0.2) is 24.3 Å². The highest BCUT2D eigenvalue weighted by Gasteiger charge is 2.24. The van der Waals surface area contributed by atoms with Crippen molar-refractivity contribution in [2.75, 3.05) is 13.7 Å². The van der Waals surface area contributed by atoms with Crippen LogP contribution < -0.4 is 5.32 Å². The Kier molecular flexibility index (Phi) is 5.66. The molecule has 0 heterocycles. The molecule has 0 fully saturated rings. The Morgan fingerprint density at radius 3 is 2.18 bits per heavy atom. The third-order valence-electron chi connectivity index (χ3n) is 3.12. The number of methoxy groups -OCH3 is 1. The first-order chi connectivity index (χ1) is 8.10. The lowest BCUT2D eigenvalue weighted by Crippen LogP contribution is -2.36. The van der Waals surface area contributed by atoms with E-state index in [4.69, 9.17) is 4.74 Å². The van der Waals surface area contributed by atoms with Crippen molar-refractivity contribution < 1.29 is 4.74 Å². The van der Waals surface area contributed by atoms with Gasteiger partial charge in [0.05, 0.1) is 12.1 Å². The van der Waals surface area contributed by atoms with Gasteiger partial charge >= 0.3 is 0 Å². The molecule has 1 N–H and O–H groups in total. The summed E-state index contributed by atoms with van der Waals surface area (Å²) in [5.74, 6) is 0.491. The molecule has 0 aromatic heterocycles. The first-order valence-corrected chi connectivity index (χ1v) is 6.42. The highest BCUT2D eigenvalue weighted by molar-refractivity contribution is 5.25. The van der Waals surface area contributed by atoms with Crippen LogP contribution in [0.25, 0.3) is 0 Å². The van der Waals surface area contributed by atoms with Gasteiger partial charge in [0.2, 0.25) is 0 Å². The minimum Gasteiger partial charge on any atom is -0.379 e. The summed E-state index contributed by atoms with van der Waals surface area (Å²) < 4.78 is 5.65. The van der Waals surface area contributed by atoms with E-state index in [0.717, 1.165) is 6.54 Å². The summed E-state index contributed by atoms with van der Waals surface area (Å²) in [6, 6.07) is 8.97. The third-order valence-corrected chi connectivity index (χ3v) is 3.12. The van der Waals surface area contributed by atoms with E-state index in [1.165, 1.54) is 11.1 Å². The van der Waals surface area contributed by atoms with Crippen molar-refractivity contribution in [1.82, 2.24) is 5.32 Å². The zero-order valence-corrected chi connectivity index (χ0v) is 11.7. The maximum Gasteiger partial charge on any atom is 0.0788 e. The fourth-order valence-electron chi connectivity index (χ4n) is 2.21. The molecule has 0 aliphatic heterocycles. The largest absolute Gasteiger partial charge is 0.379 e. The molecule has 0 saturated carbocycles. The molecule has 2 atom stereocenters. The Labute approximate surface area is 105 Å². The van der Waals surface area contributed by atoms with Gasteiger partial charge in [-0.3, -0.25) is 0 Å². The summed E-state index contributed by atoms with van der Waals surface area (Å²) in [5.41, 5.74) is 2.60. The van der Waals surface area contributed by atoms with Gasteiger partial charge in [0.1, 0.15) is 0 Å². The van der Waals surface area contributed by atoms with Gasteiger partial charge in [-0.2, -0.15) is 0 Å².